The lowest BCUT2D eigenvalue weighted by molar-refractivity contribution is -0.131. The highest BCUT2D eigenvalue weighted by Gasteiger charge is 2.19. The van der Waals surface area contributed by atoms with Crippen LogP contribution in [-0.4, -0.2) is 29.3 Å². The second-order valence-corrected chi connectivity index (χ2v) is 7.39. The van der Waals surface area contributed by atoms with Gasteiger partial charge in [-0.05, 0) is 36.3 Å². The maximum atomic E-state index is 12.6. The van der Waals surface area contributed by atoms with Crippen LogP contribution < -0.4 is 5.32 Å². The molecule has 1 aromatic rings. The first kappa shape index (κ1) is 21.2. The summed E-state index contributed by atoms with van der Waals surface area (Å²) in [5.74, 6) is 0.655. The van der Waals surface area contributed by atoms with E-state index in [9.17, 15) is 9.59 Å². The van der Waals surface area contributed by atoms with E-state index < -0.39 is 0 Å². The molecule has 0 bridgehead atoms. The van der Waals surface area contributed by atoms with Crippen molar-refractivity contribution in [1.29, 1.82) is 0 Å². The Morgan fingerprint density at radius 1 is 1.04 bits per heavy atom. The average molecular weight is 347 g/mol. The van der Waals surface area contributed by atoms with Crippen molar-refractivity contribution < 1.29 is 9.59 Å². The number of para-hydroxylation sites is 1. The van der Waals surface area contributed by atoms with Gasteiger partial charge in [-0.25, -0.2) is 0 Å². The van der Waals surface area contributed by atoms with Crippen molar-refractivity contribution in [2.45, 2.75) is 79.2 Å². The third-order valence-corrected chi connectivity index (χ3v) is 4.74. The van der Waals surface area contributed by atoms with E-state index in [1.807, 2.05) is 6.92 Å². The molecular formula is C21H34N2O2. The van der Waals surface area contributed by atoms with Crippen LogP contribution in [0.2, 0.25) is 0 Å². The lowest BCUT2D eigenvalue weighted by Crippen LogP contribution is -2.38. The van der Waals surface area contributed by atoms with E-state index in [0.717, 1.165) is 23.2 Å². The molecule has 0 radical (unpaired) electrons. The summed E-state index contributed by atoms with van der Waals surface area (Å²) in [6.45, 7) is 14.6. The molecule has 0 spiro atoms. The van der Waals surface area contributed by atoms with Gasteiger partial charge < -0.3 is 10.2 Å². The molecule has 0 saturated heterocycles. The maximum Gasteiger partial charge on any atom is 0.226 e. The van der Waals surface area contributed by atoms with Crippen LogP contribution >= 0.6 is 0 Å². The molecule has 0 fully saturated rings. The lowest BCUT2D eigenvalue weighted by Gasteiger charge is -2.27. The van der Waals surface area contributed by atoms with Crippen molar-refractivity contribution in [2.24, 2.45) is 0 Å². The first-order chi connectivity index (χ1) is 11.7. The molecule has 4 nitrogen and oxygen atoms in total. The number of benzene rings is 1. The predicted molar refractivity (Wildman–Crippen MR) is 105 cm³/mol. The largest absolute Gasteiger partial charge is 0.340 e. The van der Waals surface area contributed by atoms with Crippen LogP contribution in [0.15, 0.2) is 18.2 Å². The van der Waals surface area contributed by atoms with Crippen LogP contribution in [-0.2, 0) is 9.59 Å². The van der Waals surface area contributed by atoms with Crippen LogP contribution in [0.1, 0.15) is 84.3 Å². The van der Waals surface area contributed by atoms with Crippen molar-refractivity contribution in [2.75, 3.05) is 11.9 Å². The molecule has 1 atom stereocenters. The minimum atomic E-state index is -0.0375. The van der Waals surface area contributed by atoms with E-state index >= 15 is 0 Å². The third kappa shape index (κ3) is 5.87. The van der Waals surface area contributed by atoms with Crippen molar-refractivity contribution >= 4 is 17.5 Å². The zero-order chi connectivity index (χ0) is 19.1. The van der Waals surface area contributed by atoms with Gasteiger partial charge in [0.2, 0.25) is 11.8 Å². The van der Waals surface area contributed by atoms with E-state index in [-0.39, 0.29) is 17.9 Å². The average Bonchev–Trinajstić information content (AvgIpc) is 2.53. The molecule has 1 aromatic carbocycles. The van der Waals surface area contributed by atoms with Crippen molar-refractivity contribution in [3.05, 3.63) is 29.3 Å². The molecule has 1 rings (SSSR count). The summed E-state index contributed by atoms with van der Waals surface area (Å²) >= 11 is 0. The third-order valence-electron chi connectivity index (χ3n) is 4.74. The summed E-state index contributed by atoms with van der Waals surface area (Å²) in [5.41, 5.74) is 3.25. The van der Waals surface area contributed by atoms with E-state index in [2.05, 4.69) is 58.1 Å². The molecule has 0 aliphatic carbocycles. The van der Waals surface area contributed by atoms with E-state index in [1.54, 1.807) is 11.8 Å². The number of rotatable bonds is 8. The normalized spacial score (nSPS) is 12.4. The van der Waals surface area contributed by atoms with Gasteiger partial charge in [0.05, 0.1) is 0 Å². The molecule has 0 aromatic heterocycles. The quantitative estimate of drug-likeness (QED) is 0.727. The molecule has 25 heavy (non-hydrogen) atoms. The zero-order valence-corrected chi connectivity index (χ0v) is 16.8. The molecule has 0 aliphatic rings. The Kier molecular flexibility index (Phi) is 8.14. The molecule has 0 aliphatic heterocycles. The SMILES string of the molecule is CCC(C)N(CCC(=O)Nc1c(C(C)C)cccc1C(C)C)C(C)=O. The van der Waals surface area contributed by atoms with Crippen molar-refractivity contribution in [1.82, 2.24) is 4.90 Å². The second-order valence-electron chi connectivity index (χ2n) is 7.39. The number of amides is 2. The van der Waals surface area contributed by atoms with Crippen molar-refractivity contribution in [3.63, 3.8) is 0 Å². The number of anilines is 1. The first-order valence-corrected chi connectivity index (χ1v) is 9.38. The Morgan fingerprint density at radius 3 is 1.96 bits per heavy atom. The fourth-order valence-electron chi connectivity index (χ4n) is 3.03. The molecule has 140 valence electrons. The Hall–Kier alpha value is -1.84. The van der Waals surface area contributed by atoms with Crippen LogP contribution in [0, 0.1) is 0 Å². The van der Waals surface area contributed by atoms with Crippen LogP contribution in [0.25, 0.3) is 0 Å². The molecule has 4 heteroatoms. The zero-order valence-electron chi connectivity index (χ0n) is 16.8. The van der Waals surface area contributed by atoms with Gasteiger partial charge >= 0.3 is 0 Å². The maximum absolute atomic E-state index is 12.6. The summed E-state index contributed by atoms with van der Waals surface area (Å²) in [5, 5.41) is 3.12. The molecule has 1 N–H and O–H groups in total. The lowest BCUT2D eigenvalue weighted by atomic mass is 9.92. The standard InChI is InChI=1S/C21H34N2O2/c1-8-16(6)23(17(7)24)13-12-20(25)22-21-18(14(2)3)10-9-11-19(21)15(4)5/h9-11,14-16H,8,12-13H2,1-7H3,(H,22,25). The Balaban J connectivity index is 2.91. The fraction of sp³-hybridized carbons (Fsp3) is 0.619. The van der Waals surface area contributed by atoms with E-state index in [4.69, 9.17) is 0 Å². The highest BCUT2D eigenvalue weighted by molar-refractivity contribution is 5.93. The minimum absolute atomic E-state index is 0.0209. The summed E-state index contributed by atoms with van der Waals surface area (Å²) in [7, 11) is 0. The molecule has 0 saturated carbocycles. The summed E-state index contributed by atoms with van der Waals surface area (Å²) < 4.78 is 0. The van der Waals surface area contributed by atoms with Gasteiger partial charge in [0, 0.05) is 31.6 Å². The number of nitrogens with one attached hydrogen (secondary N) is 1. The highest BCUT2D eigenvalue weighted by atomic mass is 16.2. The van der Waals surface area contributed by atoms with Gasteiger partial charge in [0.25, 0.3) is 0 Å². The van der Waals surface area contributed by atoms with Gasteiger partial charge in [-0.1, -0.05) is 52.8 Å². The van der Waals surface area contributed by atoms with Gasteiger partial charge in [0.15, 0.2) is 0 Å². The number of nitrogens with zero attached hydrogens (tertiary/aromatic N) is 1. The monoisotopic (exact) mass is 346 g/mol. The Morgan fingerprint density at radius 2 is 1.56 bits per heavy atom. The summed E-state index contributed by atoms with van der Waals surface area (Å²) in [4.78, 5) is 26.1. The first-order valence-electron chi connectivity index (χ1n) is 9.38. The van der Waals surface area contributed by atoms with Gasteiger partial charge in [0.1, 0.15) is 0 Å². The summed E-state index contributed by atoms with van der Waals surface area (Å²) in [6.07, 6.45) is 1.20. The van der Waals surface area contributed by atoms with E-state index in [1.165, 1.54) is 0 Å². The van der Waals surface area contributed by atoms with Gasteiger partial charge in [-0.2, -0.15) is 0 Å². The smallest absolute Gasteiger partial charge is 0.226 e. The molecule has 2 amide bonds. The Bertz CT molecular complexity index is 567. The number of hydrogen-bond acceptors (Lipinski definition) is 2. The Labute approximate surface area is 153 Å². The second kappa shape index (κ2) is 9.59. The van der Waals surface area contributed by atoms with E-state index in [0.29, 0.717) is 24.8 Å². The van der Waals surface area contributed by atoms with Crippen LogP contribution in [0.3, 0.4) is 0 Å². The molecular weight excluding hydrogens is 312 g/mol. The van der Waals surface area contributed by atoms with Gasteiger partial charge in [-0.15, -0.1) is 0 Å². The summed E-state index contributed by atoms with van der Waals surface area (Å²) in [6, 6.07) is 6.36. The number of hydrogen-bond donors (Lipinski definition) is 1. The molecule has 0 heterocycles. The minimum Gasteiger partial charge on any atom is -0.340 e. The fourth-order valence-corrected chi connectivity index (χ4v) is 3.03. The predicted octanol–water partition coefficient (Wildman–Crippen LogP) is 4.91. The van der Waals surface area contributed by atoms with Gasteiger partial charge in [-0.3, -0.25) is 9.59 Å². The van der Waals surface area contributed by atoms with Crippen molar-refractivity contribution in [3.8, 4) is 0 Å². The van der Waals surface area contributed by atoms with Crippen LogP contribution in [0.4, 0.5) is 5.69 Å². The molecule has 1 unspecified atom stereocenters. The number of carbonyl (C=O) groups excluding carboxylic acids is 2. The topological polar surface area (TPSA) is 49.4 Å². The number of carbonyl (C=O) groups is 2. The van der Waals surface area contributed by atoms with Crippen LogP contribution in [0.5, 0.6) is 0 Å². The highest BCUT2D eigenvalue weighted by Crippen LogP contribution is 2.32.